The first kappa shape index (κ1) is 27.1. The van der Waals surface area contributed by atoms with E-state index in [1.54, 1.807) is 18.2 Å². The van der Waals surface area contributed by atoms with Crippen LogP contribution in [0.5, 0.6) is 5.75 Å². The first-order valence-corrected chi connectivity index (χ1v) is 17.7. The number of hydrogen-bond donors (Lipinski definition) is 1. The Morgan fingerprint density at radius 2 is 1.47 bits per heavy atom. The molecule has 0 unspecified atom stereocenters. The first-order chi connectivity index (χ1) is 30.0. The minimum atomic E-state index is -2.84. The van der Waals surface area contributed by atoms with Gasteiger partial charge in [-0.05, 0) is 102 Å². The van der Waals surface area contributed by atoms with Crippen LogP contribution in [0.3, 0.4) is 0 Å². The molecule has 276 valence electrons. The second kappa shape index (κ2) is 14.9. The standard InChI is InChI=1S/C50H44N3O.Pt/c1-31-16-18-35(19-17-31)37-22-23-51-45(30-37)39-27-38(28-40(29-39)50(5,6)7)43-14-11-15-46-47(43)52-49(44-25-32(2)24-34(4)48(44)54)53(46)41-20-21-42(33(3)26-41)36-12-9-8-10-13-36;/h8-26,28-30,54H,1-7H3;/q-1;/i1D3,3D3,16D,17D,18D,19D;. The number of phenols is 1. The van der Waals surface area contributed by atoms with Crippen LogP contribution in [0, 0.1) is 33.6 Å². The Hall–Kier alpha value is -5.57. The average Bonchev–Trinajstić information content (AvgIpc) is 3.63. The SMILES string of the molecule is [2H]c1c([2H])c(C([2H])([2H])[2H])c([2H])c([2H])c1-c1ccnc(-c2[c-]c(-c3cccc4c3nc(-c3cc(C)cc(C)c3O)n4-c3ccc(-c4ccccc4)c(C([2H])([2H])[2H])c3)cc(C(C)(C)C)c2)c1.[Pt]. The van der Waals surface area contributed by atoms with E-state index in [-0.39, 0.29) is 43.4 Å². The van der Waals surface area contributed by atoms with Crippen molar-refractivity contribution in [3.63, 3.8) is 0 Å². The van der Waals surface area contributed by atoms with Crippen LogP contribution in [0.15, 0.2) is 133 Å². The van der Waals surface area contributed by atoms with Crippen LogP contribution in [0.1, 0.15) is 62.3 Å². The van der Waals surface area contributed by atoms with Gasteiger partial charge in [0.2, 0.25) is 0 Å². The molecule has 0 aliphatic rings. The summed E-state index contributed by atoms with van der Waals surface area (Å²) >= 11 is 0. The van der Waals surface area contributed by atoms with Crippen molar-refractivity contribution in [3.8, 4) is 67.5 Å². The normalized spacial score (nSPS) is 14.6. The van der Waals surface area contributed by atoms with Gasteiger partial charge in [0.05, 0.1) is 22.1 Å². The summed E-state index contributed by atoms with van der Waals surface area (Å²) in [5, 5.41) is 11.6. The Labute approximate surface area is 352 Å². The number of aryl methyl sites for hydroxylation is 3. The van der Waals surface area contributed by atoms with Crippen LogP contribution in [-0.2, 0) is 26.5 Å². The van der Waals surface area contributed by atoms with E-state index < -0.39 is 43.4 Å². The minimum Gasteiger partial charge on any atom is -0.507 e. The fourth-order valence-electron chi connectivity index (χ4n) is 6.91. The van der Waals surface area contributed by atoms with Crippen molar-refractivity contribution >= 4 is 11.0 Å². The van der Waals surface area contributed by atoms with Gasteiger partial charge in [-0.15, -0.1) is 29.3 Å². The maximum Gasteiger partial charge on any atom is 0.148 e. The average molecular weight is 908 g/mol. The summed E-state index contributed by atoms with van der Waals surface area (Å²) in [5.41, 5.74) is 7.83. The minimum absolute atomic E-state index is 0. The molecule has 0 spiro atoms. The fraction of sp³-hybridized carbons (Fsp3) is 0.160. The Balaban J connectivity index is 0.00000630. The molecule has 5 heteroatoms. The zero-order valence-corrected chi connectivity index (χ0v) is 33.3. The third-order valence-electron chi connectivity index (χ3n) is 9.69. The molecule has 0 aliphatic heterocycles. The molecule has 0 amide bonds. The van der Waals surface area contributed by atoms with Crippen molar-refractivity contribution in [2.45, 2.75) is 53.7 Å². The van der Waals surface area contributed by atoms with Crippen molar-refractivity contribution in [1.82, 2.24) is 14.5 Å². The molecule has 8 aromatic rings. The van der Waals surface area contributed by atoms with E-state index in [0.717, 1.165) is 16.7 Å². The number of pyridine rings is 1. The quantitative estimate of drug-likeness (QED) is 0.169. The third kappa shape index (κ3) is 7.32. The predicted molar refractivity (Wildman–Crippen MR) is 224 cm³/mol. The fourth-order valence-corrected chi connectivity index (χ4v) is 6.91. The summed E-state index contributed by atoms with van der Waals surface area (Å²) in [6.45, 7) is 4.69. The van der Waals surface area contributed by atoms with Gasteiger partial charge in [0, 0.05) is 46.9 Å². The van der Waals surface area contributed by atoms with Gasteiger partial charge in [-0.25, -0.2) is 4.98 Å². The number of hydrogen-bond acceptors (Lipinski definition) is 3. The topological polar surface area (TPSA) is 50.9 Å². The molecule has 0 saturated carbocycles. The number of fused-ring (bicyclic) bond motifs is 1. The Bertz CT molecular complexity index is 3120. The number of phenolic OH excluding ortho intramolecular Hbond substituents is 1. The zero-order chi connectivity index (χ0) is 46.2. The van der Waals surface area contributed by atoms with Crippen molar-refractivity contribution in [2.24, 2.45) is 0 Å². The zero-order valence-electron chi connectivity index (χ0n) is 41.0. The molecule has 0 bridgehead atoms. The van der Waals surface area contributed by atoms with Crippen LogP contribution >= 0.6 is 0 Å². The molecule has 55 heavy (non-hydrogen) atoms. The van der Waals surface area contributed by atoms with Crippen LogP contribution in [0.2, 0.25) is 0 Å². The molecule has 1 N–H and O–H groups in total. The summed E-state index contributed by atoms with van der Waals surface area (Å²) in [5.74, 6) is 0.451. The summed E-state index contributed by atoms with van der Waals surface area (Å²) in [7, 11) is 0. The van der Waals surface area contributed by atoms with E-state index in [0.29, 0.717) is 67.2 Å². The number of aromatic nitrogens is 3. The number of rotatable bonds is 6. The van der Waals surface area contributed by atoms with Gasteiger partial charge in [0.15, 0.2) is 0 Å². The molecule has 0 fully saturated rings. The number of benzene rings is 6. The second-order valence-corrected chi connectivity index (χ2v) is 14.6. The molecule has 2 aromatic heterocycles. The smallest absolute Gasteiger partial charge is 0.148 e. The summed E-state index contributed by atoms with van der Waals surface area (Å²) in [6, 6.07) is 32.8. The maximum absolute atomic E-state index is 11.6. The van der Waals surface area contributed by atoms with Crippen LogP contribution in [-0.4, -0.2) is 19.6 Å². The first-order valence-electron chi connectivity index (χ1n) is 22.7. The molecule has 8 rings (SSSR count). The van der Waals surface area contributed by atoms with Gasteiger partial charge in [0.25, 0.3) is 0 Å². The van der Waals surface area contributed by atoms with E-state index in [4.69, 9.17) is 18.7 Å². The number of nitrogens with zero attached hydrogens (tertiary/aromatic N) is 3. The number of para-hydroxylation sites is 1. The van der Waals surface area contributed by atoms with Gasteiger partial charge in [-0.2, -0.15) is 0 Å². The largest absolute Gasteiger partial charge is 0.507 e. The van der Waals surface area contributed by atoms with Crippen molar-refractivity contribution in [3.05, 3.63) is 167 Å². The van der Waals surface area contributed by atoms with Crippen LogP contribution in [0.25, 0.3) is 72.7 Å². The summed E-state index contributed by atoms with van der Waals surface area (Å²) in [6.07, 6.45) is 1.51. The summed E-state index contributed by atoms with van der Waals surface area (Å²) < 4.78 is 85.8. The number of imidazole rings is 1. The van der Waals surface area contributed by atoms with Crippen LogP contribution in [0.4, 0.5) is 0 Å². The van der Waals surface area contributed by atoms with E-state index in [1.807, 2.05) is 103 Å². The summed E-state index contributed by atoms with van der Waals surface area (Å²) in [4.78, 5) is 9.93. The Morgan fingerprint density at radius 1 is 0.691 bits per heavy atom. The van der Waals surface area contributed by atoms with E-state index >= 15 is 0 Å². The molecule has 0 atom stereocenters. The molecule has 0 aliphatic carbocycles. The van der Waals surface area contributed by atoms with Crippen LogP contribution < -0.4 is 0 Å². The van der Waals surface area contributed by atoms with E-state index in [9.17, 15) is 5.11 Å². The van der Waals surface area contributed by atoms with Gasteiger partial charge in [0.1, 0.15) is 11.6 Å². The molecular weight excluding hydrogens is 854 g/mol. The maximum atomic E-state index is 11.6. The van der Waals surface area contributed by atoms with E-state index in [1.165, 1.54) is 6.20 Å². The second-order valence-electron chi connectivity index (χ2n) is 14.6. The van der Waals surface area contributed by atoms with Crippen molar-refractivity contribution in [1.29, 1.82) is 0 Å². The molecule has 0 radical (unpaired) electrons. The molecule has 4 nitrogen and oxygen atoms in total. The van der Waals surface area contributed by atoms with Crippen molar-refractivity contribution in [2.75, 3.05) is 0 Å². The monoisotopic (exact) mass is 907 g/mol. The van der Waals surface area contributed by atoms with E-state index in [2.05, 4.69) is 31.8 Å². The Morgan fingerprint density at radius 3 is 2.22 bits per heavy atom. The molecule has 2 heterocycles. The molecule has 0 saturated heterocycles. The number of aromatic hydroxyl groups is 1. The molecule has 6 aromatic carbocycles. The van der Waals surface area contributed by atoms with Gasteiger partial charge in [-0.1, -0.05) is 122 Å². The Kier molecular flexibility index (Phi) is 7.35. The third-order valence-corrected chi connectivity index (χ3v) is 9.69. The van der Waals surface area contributed by atoms with Gasteiger partial charge >= 0.3 is 0 Å². The molecular formula is C50H44N3OPt-. The van der Waals surface area contributed by atoms with Gasteiger partial charge in [-0.3, -0.25) is 9.55 Å². The predicted octanol–water partition coefficient (Wildman–Crippen LogP) is 12.8. The van der Waals surface area contributed by atoms with Gasteiger partial charge < -0.3 is 5.11 Å². The van der Waals surface area contributed by atoms with Crippen molar-refractivity contribution < 1.29 is 39.9 Å².